The molecule has 3 rings (SSSR count). The van der Waals surface area contributed by atoms with Crippen LogP contribution >= 0.6 is 0 Å². The Morgan fingerprint density at radius 3 is 2.67 bits per heavy atom. The highest BCUT2D eigenvalue weighted by Crippen LogP contribution is 2.30. The molecule has 142 valence electrons. The van der Waals surface area contributed by atoms with Crippen LogP contribution in [0.25, 0.3) is 0 Å². The van der Waals surface area contributed by atoms with Gasteiger partial charge < -0.3 is 25.2 Å². The van der Waals surface area contributed by atoms with Gasteiger partial charge in [0.1, 0.15) is 5.75 Å². The summed E-state index contributed by atoms with van der Waals surface area (Å²) in [5, 5.41) is 5.66. The van der Waals surface area contributed by atoms with Crippen molar-refractivity contribution in [1.82, 2.24) is 9.80 Å². The summed E-state index contributed by atoms with van der Waals surface area (Å²) in [6.07, 6.45) is 0. The predicted molar refractivity (Wildman–Crippen MR) is 105 cm³/mol. The summed E-state index contributed by atoms with van der Waals surface area (Å²) >= 11 is 0. The minimum atomic E-state index is -0.183. The molecule has 7 heteroatoms. The molecule has 1 aliphatic heterocycles. The van der Waals surface area contributed by atoms with Crippen molar-refractivity contribution in [2.24, 2.45) is 0 Å². The number of anilines is 2. The van der Waals surface area contributed by atoms with Gasteiger partial charge in [-0.2, -0.15) is 0 Å². The lowest BCUT2D eigenvalue weighted by atomic mass is 10.2. The van der Waals surface area contributed by atoms with Crippen LogP contribution in [0.4, 0.5) is 16.2 Å². The third-order valence-corrected chi connectivity index (χ3v) is 4.19. The largest absolute Gasteiger partial charge is 0.482 e. The van der Waals surface area contributed by atoms with Crippen molar-refractivity contribution >= 4 is 23.3 Å². The van der Waals surface area contributed by atoms with E-state index in [1.807, 2.05) is 49.3 Å². The van der Waals surface area contributed by atoms with E-state index >= 15 is 0 Å². The Morgan fingerprint density at radius 1 is 1.15 bits per heavy atom. The maximum Gasteiger partial charge on any atom is 0.322 e. The van der Waals surface area contributed by atoms with Crippen molar-refractivity contribution in [2.45, 2.75) is 6.54 Å². The van der Waals surface area contributed by atoms with Gasteiger partial charge in [-0.1, -0.05) is 30.3 Å². The Kier molecular flexibility index (Phi) is 5.93. The first kappa shape index (κ1) is 18.7. The molecule has 0 radical (unpaired) electrons. The molecule has 3 amide bonds. The Labute approximate surface area is 158 Å². The Balaban J connectivity index is 1.70. The molecule has 0 spiro atoms. The second-order valence-electron chi connectivity index (χ2n) is 6.69. The first-order valence-corrected chi connectivity index (χ1v) is 8.82. The van der Waals surface area contributed by atoms with E-state index in [1.165, 1.54) is 0 Å². The average Bonchev–Trinajstić information content (AvgIpc) is 2.66. The molecule has 0 aliphatic carbocycles. The molecule has 0 fully saturated rings. The van der Waals surface area contributed by atoms with E-state index in [4.69, 9.17) is 4.74 Å². The average molecular weight is 368 g/mol. The fraction of sp³-hybridized carbons (Fsp3) is 0.300. The number of fused-ring (bicyclic) bond motifs is 1. The van der Waals surface area contributed by atoms with E-state index in [1.54, 1.807) is 23.1 Å². The first-order valence-electron chi connectivity index (χ1n) is 8.82. The summed E-state index contributed by atoms with van der Waals surface area (Å²) in [6, 6.07) is 14.9. The van der Waals surface area contributed by atoms with E-state index < -0.39 is 0 Å². The standard InChI is InChI=1S/C20H24N4O3/c1-23(2)10-11-24(13-15-6-4-3-5-7-15)20(26)21-16-8-9-17-18(12-16)27-14-19(25)22-17/h3-9,12H,10-11,13-14H2,1-2H3,(H,21,26)(H,22,25). The number of ether oxygens (including phenoxy) is 1. The summed E-state index contributed by atoms with van der Waals surface area (Å²) in [5.41, 5.74) is 2.30. The molecule has 0 unspecified atom stereocenters. The van der Waals surface area contributed by atoms with Crippen molar-refractivity contribution in [1.29, 1.82) is 0 Å². The number of nitrogens with zero attached hydrogens (tertiary/aromatic N) is 2. The number of amides is 3. The molecule has 27 heavy (non-hydrogen) atoms. The lowest BCUT2D eigenvalue weighted by molar-refractivity contribution is -0.118. The molecule has 0 bridgehead atoms. The third-order valence-electron chi connectivity index (χ3n) is 4.19. The van der Waals surface area contributed by atoms with Gasteiger partial charge in [0.15, 0.2) is 6.61 Å². The van der Waals surface area contributed by atoms with E-state index in [0.717, 1.165) is 12.1 Å². The van der Waals surface area contributed by atoms with Crippen LogP contribution in [0.5, 0.6) is 5.75 Å². The highest BCUT2D eigenvalue weighted by atomic mass is 16.5. The van der Waals surface area contributed by atoms with Crippen molar-refractivity contribution in [3.63, 3.8) is 0 Å². The minimum Gasteiger partial charge on any atom is -0.482 e. The summed E-state index contributed by atoms with van der Waals surface area (Å²) in [4.78, 5) is 28.0. The van der Waals surface area contributed by atoms with Gasteiger partial charge in [-0.3, -0.25) is 4.79 Å². The van der Waals surface area contributed by atoms with Gasteiger partial charge >= 0.3 is 6.03 Å². The predicted octanol–water partition coefficient (Wildman–Crippen LogP) is 2.61. The van der Waals surface area contributed by atoms with E-state index in [9.17, 15) is 9.59 Å². The molecule has 7 nitrogen and oxygen atoms in total. The fourth-order valence-corrected chi connectivity index (χ4v) is 2.73. The number of benzene rings is 2. The van der Waals surface area contributed by atoms with Gasteiger partial charge in [0.2, 0.25) is 0 Å². The number of carbonyl (C=O) groups is 2. The second kappa shape index (κ2) is 8.55. The Hall–Kier alpha value is -3.06. The molecule has 2 aromatic carbocycles. The van der Waals surface area contributed by atoms with Gasteiger partial charge in [0.25, 0.3) is 5.91 Å². The van der Waals surface area contributed by atoms with Crippen molar-refractivity contribution in [2.75, 3.05) is 44.4 Å². The maximum atomic E-state index is 12.8. The molecule has 2 N–H and O–H groups in total. The topological polar surface area (TPSA) is 73.9 Å². The van der Waals surface area contributed by atoms with Crippen LogP contribution < -0.4 is 15.4 Å². The third kappa shape index (κ3) is 5.21. The smallest absolute Gasteiger partial charge is 0.322 e. The highest BCUT2D eigenvalue weighted by Gasteiger charge is 2.18. The van der Waals surface area contributed by atoms with Gasteiger partial charge in [-0.15, -0.1) is 0 Å². The zero-order chi connectivity index (χ0) is 19.2. The van der Waals surface area contributed by atoms with Gasteiger partial charge in [-0.25, -0.2) is 4.79 Å². The number of carbonyl (C=O) groups excluding carboxylic acids is 2. The van der Waals surface area contributed by atoms with Crippen LogP contribution in [-0.4, -0.2) is 55.5 Å². The molecular weight excluding hydrogens is 344 g/mol. The molecule has 0 atom stereocenters. The van der Waals surface area contributed by atoms with E-state index in [-0.39, 0.29) is 18.5 Å². The SMILES string of the molecule is CN(C)CCN(Cc1ccccc1)C(=O)Nc1ccc2c(c1)OCC(=O)N2. The van der Waals surface area contributed by atoms with Crippen LogP contribution in [0.2, 0.25) is 0 Å². The quantitative estimate of drug-likeness (QED) is 0.822. The van der Waals surface area contributed by atoms with Crippen molar-refractivity contribution in [3.05, 3.63) is 54.1 Å². The number of nitrogens with one attached hydrogen (secondary N) is 2. The lowest BCUT2D eigenvalue weighted by Crippen LogP contribution is -2.39. The van der Waals surface area contributed by atoms with E-state index in [0.29, 0.717) is 30.2 Å². The lowest BCUT2D eigenvalue weighted by Gasteiger charge is -2.25. The van der Waals surface area contributed by atoms with E-state index in [2.05, 4.69) is 10.6 Å². The van der Waals surface area contributed by atoms with Crippen LogP contribution in [0.15, 0.2) is 48.5 Å². The molecule has 2 aromatic rings. The maximum absolute atomic E-state index is 12.8. The summed E-state index contributed by atoms with van der Waals surface area (Å²) in [7, 11) is 3.96. The van der Waals surface area contributed by atoms with Gasteiger partial charge in [-0.05, 0) is 31.8 Å². The summed E-state index contributed by atoms with van der Waals surface area (Å²) in [5.74, 6) is 0.368. The van der Waals surface area contributed by atoms with Crippen LogP contribution in [0.1, 0.15) is 5.56 Å². The molecule has 1 aliphatic rings. The monoisotopic (exact) mass is 368 g/mol. The van der Waals surface area contributed by atoms with Gasteiger partial charge in [0, 0.05) is 31.4 Å². The number of likely N-dealkylation sites (N-methyl/N-ethyl adjacent to an activating group) is 1. The van der Waals surface area contributed by atoms with Crippen molar-refractivity contribution < 1.29 is 14.3 Å². The molecule has 1 heterocycles. The highest BCUT2D eigenvalue weighted by molar-refractivity contribution is 5.96. The first-order chi connectivity index (χ1) is 13.0. The second-order valence-corrected chi connectivity index (χ2v) is 6.69. The Morgan fingerprint density at radius 2 is 1.93 bits per heavy atom. The number of rotatable bonds is 6. The molecule has 0 saturated heterocycles. The van der Waals surface area contributed by atoms with Crippen LogP contribution in [0, 0.1) is 0 Å². The zero-order valence-electron chi connectivity index (χ0n) is 15.6. The summed E-state index contributed by atoms with van der Waals surface area (Å²) < 4.78 is 5.41. The summed E-state index contributed by atoms with van der Waals surface area (Å²) in [6.45, 7) is 1.87. The normalized spacial score (nSPS) is 12.8. The van der Waals surface area contributed by atoms with Gasteiger partial charge in [0.05, 0.1) is 5.69 Å². The zero-order valence-corrected chi connectivity index (χ0v) is 15.6. The number of urea groups is 1. The number of hydrogen-bond acceptors (Lipinski definition) is 4. The van der Waals surface area contributed by atoms with Crippen LogP contribution in [0.3, 0.4) is 0 Å². The fourth-order valence-electron chi connectivity index (χ4n) is 2.73. The van der Waals surface area contributed by atoms with Crippen LogP contribution in [-0.2, 0) is 11.3 Å². The molecular formula is C20H24N4O3. The number of hydrogen-bond donors (Lipinski definition) is 2. The molecule has 0 aromatic heterocycles. The molecule has 0 saturated carbocycles. The minimum absolute atomic E-state index is 0.0205. The Bertz CT molecular complexity index is 808. The van der Waals surface area contributed by atoms with Crippen molar-refractivity contribution in [3.8, 4) is 5.75 Å².